The Bertz CT molecular complexity index is 284. The van der Waals surface area contributed by atoms with E-state index in [0.717, 1.165) is 0 Å². The van der Waals surface area contributed by atoms with Gasteiger partial charge in [0.1, 0.15) is 6.42 Å². The van der Waals surface area contributed by atoms with E-state index in [1.807, 2.05) is 0 Å². The van der Waals surface area contributed by atoms with Gasteiger partial charge >= 0.3 is 5.97 Å². The Kier molecular flexibility index (Phi) is 3.39. The van der Waals surface area contributed by atoms with E-state index >= 15 is 0 Å². The second kappa shape index (κ2) is 4.56. The summed E-state index contributed by atoms with van der Waals surface area (Å²) < 4.78 is 9.69. The van der Waals surface area contributed by atoms with Crippen LogP contribution in [0.15, 0.2) is 4.42 Å². The van der Waals surface area contributed by atoms with Crippen LogP contribution < -0.4 is 5.73 Å². The van der Waals surface area contributed by atoms with Gasteiger partial charge in [0.25, 0.3) is 0 Å². The highest BCUT2D eigenvalue weighted by Gasteiger charge is 2.10. The number of nitrogens with zero attached hydrogens (tertiary/aromatic N) is 2. The van der Waals surface area contributed by atoms with Crippen molar-refractivity contribution >= 4 is 5.97 Å². The molecule has 0 bridgehead atoms. The first-order chi connectivity index (χ1) is 6.26. The lowest BCUT2D eigenvalue weighted by atomic mass is 10.4. The van der Waals surface area contributed by atoms with Gasteiger partial charge < -0.3 is 14.9 Å². The number of nitrogens with two attached hydrogens (primary N) is 1. The molecular weight excluding hydrogens is 174 g/mol. The van der Waals surface area contributed by atoms with Crippen molar-refractivity contribution in [3.8, 4) is 0 Å². The molecule has 1 aromatic heterocycles. The lowest BCUT2D eigenvalue weighted by Crippen LogP contribution is -2.07. The summed E-state index contributed by atoms with van der Waals surface area (Å²) in [5.74, 6) is 0.174. The van der Waals surface area contributed by atoms with E-state index in [1.54, 1.807) is 6.92 Å². The summed E-state index contributed by atoms with van der Waals surface area (Å²) in [7, 11) is 0. The molecule has 1 aromatic rings. The Balaban J connectivity index is 2.49. The number of hydrogen-bond donors (Lipinski definition) is 1. The molecule has 0 aromatic carbocycles. The maximum atomic E-state index is 10.9. The smallest absolute Gasteiger partial charge is 0.315 e. The third kappa shape index (κ3) is 2.83. The second-order valence-corrected chi connectivity index (χ2v) is 2.28. The molecule has 1 heterocycles. The average molecular weight is 185 g/mol. The Morgan fingerprint density at radius 2 is 2.23 bits per heavy atom. The number of hydrogen-bond acceptors (Lipinski definition) is 6. The van der Waals surface area contributed by atoms with E-state index in [9.17, 15) is 4.79 Å². The zero-order valence-corrected chi connectivity index (χ0v) is 7.32. The van der Waals surface area contributed by atoms with Crippen molar-refractivity contribution in [2.24, 2.45) is 5.73 Å². The summed E-state index contributed by atoms with van der Waals surface area (Å²) in [5.41, 5.74) is 5.24. The Labute approximate surface area is 75.1 Å². The van der Waals surface area contributed by atoms with Gasteiger partial charge in [0.05, 0.1) is 13.2 Å². The predicted octanol–water partition coefficient (Wildman–Crippen LogP) is -0.366. The largest absolute Gasteiger partial charge is 0.466 e. The summed E-state index contributed by atoms with van der Waals surface area (Å²) in [5, 5.41) is 7.21. The Hall–Kier alpha value is -1.43. The SMILES string of the molecule is CCOC(=O)Cc1nnc(CN)o1. The molecule has 0 spiro atoms. The van der Waals surface area contributed by atoms with Gasteiger partial charge in [0.2, 0.25) is 11.8 Å². The molecule has 0 fully saturated rings. The number of carbonyl (C=O) groups excluding carboxylic acids is 1. The van der Waals surface area contributed by atoms with E-state index in [4.69, 9.17) is 14.9 Å². The molecular formula is C7H11N3O3. The van der Waals surface area contributed by atoms with Gasteiger partial charge in [-0.05, 0) is 6.92 Å². The van der Waals surface area contributed by atoms with Crippen molar-refractivity contribution < 1.29 is 13.9 Å². The quantitative estimate of drug-likeness (QED) is 0.644. The van der Waals surface area contributed by atoms with Crippen LogP contribution in [0.25, 0.3) is 0 Å². The molecule has 0 aliphatic heterocycles. The normalized spacial score (nSPS) is 10.0. The van der Waals surface area contributed by atoms with Crippen LogP contribution in [0.1, 0.15) is 18.7 Å². The maximum absolute atomic E-state index is 10.9. The summed E-state index contributed by atoms with van der Waals surface area (Å²) >= 11 is 0. The fourth-order valence-corrected chi connectivity index (χ4v) is 0.778. The molecule has 13 heavy (non-hydrogen) atoms. The van der Waals surface area contributed by atoms with Crippen LogP contribution in [0.2, 0.25) is 0 Å². The van der Waals surface area contributed by atoms with Gasteiger partial charge in [0.15, 0.2) is 0 Å². The van der Waals surface area contributed by atoms with Gasteiger partial charge in [0, 0.05) is 0 Å². The van der Waals surface area contributed by atoms with Crippen molar-refractivity contribution in [1.82, 2.24) is 10.2 Å². The molecule has 0 saturated heterocycles. The Morgan fingerprint density at radius 3 is 2.77 bits per heavy atom. The fraction of sp³-hybridized carbons (Fsp3) is 0.571. The topological polar surface area (TPSA) is 91.2 Å². The number of esters is 1. The van der Waals surface area contributed by atoms with Crippen molar-refractivity contribution in [1.29, 1.82) is 0 Å². The van der Waals surface area contributed by atoms with E-state index in [-0.39, 0.29) is 24.8 Å². The van der Waals surface area contributed by atoms with Gasteiger partial charge in [-0.15, -0.1) is 10.2 Å². The minimum atomic E-state index is -0.380. The monoisotopic (exact) mass is 185 g/mol. The fourth-order valence-electron chi connectivity index (χ4n) is 0.778. The minimum absolute atomic E-state index is 0.000833. The van der Waals surface area contributed by atoms with Crippen molar-refractivity contribution in [2.45, 2.75) is 19.9 Å². The molecule has 0 radical (unpaired) electrons. The average Bonchev–Trinajstić information content (AvgIpc) is 2.52. The van der Waals surface area contributed by atoms with Gasteiger partial charge in [-0.25, -0.2) is 0 Å². The van der Waals surface area contributed by atoms with Crippen molar-refractivity contribution in [2.75, 3.05) is 6.61 Å². The number of carbonyl (C=O) groups is 1. The third-order valence-corrected chi connectivity index (χ3v) is 1.28. The maximum Gasteiger partial charge on any atom is 0.315 e. The molecule has 0 saturated carbocycles. The first-order valence-electron chi connectivity index (χ1n) is 3.93. The summed E-state index contributed by atoms with van der Waals surface area (Å²) in [6, 6.07) is 0. The highest BCUT2D eigenvalue weighted by molar-refractivity contribution is 5.71. The predicted molar refractivity (Wildman–Crippen MR) is 42.5 cm³/mol. The molecule has 2 N–H and O–H groups in total. The van der Waals surface area contributed by atoms with Crippen LogP contribution in [0.5, 0.6) is 0 Å². The zero-order chi connectivity index (χ0) is 9.68. The van der Waals surface area contributed by atoms with E-state index in [1.165, 1.54) is 0 Å². The van der Waals surface area contributed by atoms with Crippen LogP contribution in [-0.4, -0.2) is 22.8 Å². The third-order valence-electron chi connectivity index (χ3n) is 1.28. The molecule has 72 valence electrons. The van der Waals surface area contributed by atoms with Crippen LogP contribution >= 0.6 is 0 Å². The first-order valence-corrected chi connectivity index (χ1v) is 3.93. The molecule has 0 aliphatic carbocycles. The summed E-state index contributed by atoms with van der Waals surface area (Å²) in [4.78, 5) is 10.9. The lowest BCUT2D eigenvalue weighted by molar-refractivity contribution is -0.142. The highest BCUT2D eigenvalue weighted by atomic mass is 16.5. The molecule has 0 aliphatic rings. The standard InChI is InChI=1S/C7H11N3O3/c1-2-12-7(11)3-5-9-10-6(4-8)13-5/h2-4,8H2,1H3. The molecule has 0 atom stereocenters. The van der Waals surface area contributed by atoms with E-state index in [0.29, 0.717) is 12.5 Å². The molecule has 0 amide bonds. The van der Waals surface area contributed by atoms with Gasteiger partial charge in [-0.3, -0.25) is 4.79 Å². The first kappa shape index (κ1) is 9.66. The second-order valence-electron chi connectivity index (χ2n) is 2.28. The molecule has 6 heteroatoms. The van der Waals surface area contributed by atoms with E-state index in [2.05, 4.69) is 10.2 Å². The zero-order valence-electron chi connectivity index (χ0n) is 7.32. The number of aromatic nitrogens is 2. The summed E-state index contributed by atoms with van der Waals surface area (Å²) in [6.45, 7) is 2.25. The van der Waals surface area contributed by atoms with Crippen molar-refractivity contribution in [3.63, 3.8) is 0 Å². The van der Waals surface area contributed by atoms with Crippen LogP contribution in [0, 0.1) is 0 Å². The van der Waals surface area contributed by atoms with Crippen LogP contribution in [-0.2, 0) is 22.5 Å². The molecule has 6 nitrogen and oxygen atoms in total. The lowest BCUT2D eigenvalue weighted by Gasteiger charge is -1.96. The van der Waals surface area contributed by atoms with Crippen molar-refractivity contribution in [3.05, 3.63) is 11.8 Å². The molecule has 1 rings (SSSR count). The number of rotatable bonds is 4. The van der Waals surface area contributed by atoms with Gasteiger partial charge in [-0.2, -0.15) is 0 Å². The summed E-state index contributed by atoms with van der Waals surface area (Å²) in [6.07, 6.45) is 0.000833. The minimum Gasteiger partial charge on any atom is -0.466 e. The Morgan fingerprint density at radius 1 is 1.54 bits per heavy atom. The molecule has 0 unspecified atom stereocenters. The highest BCUT2D eigenvalue weighted by Crippen LogP contribution is 2.00. The van der Waals surface area contributed by atoms with Gasteiger partial charge in [-0.1, -0.05) is 0 Å². The van der Waals surface area contributed by atoms with E-state index < -0.39 is 0 Å². The van der Waals surface area contributed by atoms with Crippen LogP contribution in [0.3, 0.4) is 0 Å². The van der Waals surface area contributed by atoms with Crippen LogP contribution in [0.4, 0.5) is 0 Å². The number of ether oxygens (including phenoxy) is 1.